The van der Waals surface area contributed by atoms with Gasteiger partial charge in [-0.05, 0) is 18.2 Å². The fourth-order valence-corrected chi connectivity index (χ4v) is 2.64. The van der Waals surface area contributed by atoms with Crippen molar-refractivity contribution in [2.45, 2.75) is 6.54 Å². The summed E-state index contributed by atoms with van der Waals surface area (Å²) in [5, 5.41) is 6.86. The van der Waals surface area contributed by atoms with Crippen molar-refractivity contribution in [3.05, 3.63) is 47.8 Å². The monoisotopic (exact) mass is 313 g/mol. The third kappa shape index (κ3) is 3.18. The van der Waals surface area contributed by atoms with Crippen LogP contribution in [0.4, 0.5) is 10.5 Å². The number of anilines is 1. The van der Waals surface area contributed by atoms with Gasteiger partial charge in [0.2, 0.25) is 0 Å². The molecule has 2 aromatic rings. The summed E-state index contributed by atoms with van der Waals surface area (Å²) in [7, 11) is 3.60. The van der Waals surface area contributed by atoms with Gasteiger partial charge in [-0.15, -0.1) is 0 Å². The van der Waals surface area contributed by atoms with Gasteiger partial charge in [-0.2, -0.15) is 5.10 Å². The Labute approximate surface area is 134 Å². The smallest absolute Gasteiger partial charge is 0.321 e. The van der Waals surface area contributed by atoms with Gasteiger partial charge in [0.15, 0.2) is 0 Å². The van der Waals surface area contributed by atoms with Crippen LogP contribution in [-0.2, 0) is 13.6 Å². The number of nitrogens with zero attached hydrogens (tertiary/aromatic N) is 4. The van der Waals surface area contributed by atoms with Crippen LogP contribution in [0.25, 0.3) is 0 Å². The van der Waals surface area contributed by atoms with E-state index in [0.29, 0.717) is 25.2 Å². The highest BCUT2D eigenvalue weighted by molar-refractivity contribution is 5.98. The lowest BCUT2D eigenvalue weighted by Gasteiger charge is -2.19. The maximum Gasteiger partial charge on any atom is 0.321 e. The fraction of sp³-hybridized carbons (Fsp3) is 0.312. The molecule has 0 atom stereocenters. The van der Waals surface area contributed by atoms with E-state index in [1.54, 1.807) is 45.9 Å². The lowest BCUT2D eigenvalue weighted by Crippen LogP contribution is -2.29. The number of amides is 3. The quantitative estimate of drug-likeness (QED) is 0.922. The third-order valence-electron chi connectivity index (χ3n) is 3.79. The number of urea groups is 1. The maximum absolute atomic E-state index is 12.6. The summed E-state index contributed by atoms with van der Waals surface area (Å²) >= 11 is 0. The van der Waals surface area contributed by atoms with Gasteiger partial charge in [0.05, 0.1) is 6.20 Å². The molecule has 3 amide bonds. The Balaban J connectivity index is 1.75. The minimum Gasteiger partial charge on any atom is -0.337 e. The van der Waals surface area contributed by atoms with E-state index in [1.807, 2.05) is 19.3 Å². The first-order valence-electron chi connectivity index (χ1n) is 7.43. The summed E-state index contributed by atoms with van der Waals surface area (Å²) in [5.74, 6) is -0.0877. The Hall–Kier alpha value is -2.83. The number of aromatic nitrogens is 2. The van der Waals surface area contributed by atoms with E-state index in [2.05, 4.69) is 10.4 Å². The number of aryl methyl sites for hydroxylation is 1. The highest BCUT2D eigenvalue weighted by Gasteiger charge is 2.22. The lowest BCUT2D eigenvalue weighted by molar-refractivity contribution is 0.0785. The second-order valence-electron chi connectivity index (χ2n) is 5.62. The number of nitrogens with one attached hydrogen (secondary N) is 1. The lowest BCUT2D eigenvalue weighted by atomic mass is 10.1. The summed E-state index contributed by atoms with van der Waals surface area (Å²) < 4.78 is 1.71. The molecule has 0 spiro atoms. The van der Waals surface area contributed by atoms with Crippen LogP contribution in [0, 0.1) is 0 Å². The predicted octanol–water partition coefficient (Wildman–Crippen LogP) is 1.22. The van der Waals surface area contributed by atoms with Gasteiger partial charge in [-0.3, -0.25) is 14.4 Å². The summed E-state index contributed by atoms with van der Waals surface area (Å²) in [4.78, 5) is 27.6. The van der Waals surface area contributed by atoms with Crippen molar-refractivity contribution in [2.75, 3.05) is 25.0 Å². The van der Waals surface area contributed by atoms with Crippen molar-refractivity contribution >= 4 is 17.6 Å². The topological polar surface area (TPSA) is 70.5 Å². The SMILES string of the molecule is CN(Cc1cnn(C)c1)C(=O)c1cccc(N2CCNC2=O)c1. The van der Waals surface area contributed by atoms with E-state index in [9.17, 15) is 9.59 Å². The van der Waals surface area contributed by atoms with Gasteiger partial charge in [0, 0.05) is 56.7 Å². The second kappa shape index (κ2) is 6.12. The minimum absolute atomic E-state index is 0.0877. The van der Waals surface area contributed by atoms with Gasteiger partial charge in [-0.25, -0.2) is 4.79 Å². The molecule has 1 fully saturated rings. The maximum atomic E-state index is 12.6. The number of hydrogen-bond donors (Lipinski definition) is 1. The van der Waals surface area contributed by atoms with Crippen LogP contribution in [0.2, 0.25) is 0 Å². The third-order valence-corrected chi connectivity index (χ3v) is 3.79. The first-order chi connectivity index (χ1) is 11.0. The minimum atomic E-state index is -0.127. The van der Waals surface area contributed by atoms with Crippen molar-refractivity contribution in [2.24, 2.45) is 7.05 Å². The summed E-state index contributed by atoms with van der Waals surface area (Å²) in [6.07, 6.45) is 3.63. The van der Waals surface area contributed by atoms with Crippen molar-refractivity contribution < 1.29 is 9.59 Å². The molecule has 1 saturated heterocycles. The molecule has 1 aromatic heterocycles. The molecule has 2 heterocycles. The van der Waals surface area contributed by atoms with Crippen molar-refractivity contribution in [1.29, 1.82) is 0 Å². The normalized spacial score (nSPS) is 14.0. The van der Waals surface area contributed by atoms with E-state index in [-0.39, 0.29) is 11.9 Å². The second-order valence-corrected chi connectivity index (χ2v) is 5.62. The molecule has 1 aliphatic heterocycles. The zero-order valence-electron chi connectivity index (χ0n) is 13.2. The van der Waals surface area contributed by atoms with Gasteiger partial charge >= 0.3 is 6.03 Å². The predicted molar refractivity (Wildman–Crippen MR) is 86.2 cm³/mol. The number of carbonyl (C=O) groups is 2. The first kappa shape index (κ1) is 15.1. The molecular weight excluding hydrogens is 294 g/mol. The van der Waals surface area contributed by atoms with Crippen molar-refractivity contribution in [3.63, 3.8) is 0 Å². The molecule has 7 nitrogen and oxygen atoms in total. The Kier molecular flexibility index (Phi) is 4.01. The number of carbonyl (C=O) groups excluding carboxylic acids is 2. The van der Waals surface area contributed by atoms with Crippen LogP contribution in [0.15, 0.2) is 36.7 Å². The Morgan fingerprint density at radius 2 is 2.26 bits per heavy atom. The Bertz CT molecular complexity index is 740. The van der Waals surface area contributed by atoms with Gasteiger partial charge in [-0.1, -0.05) is 6.07 Å². The molecule has 3 rings (SSSR count). The molecule has 23 heavy (non-hydrogen) atoms. The molecule has 1 N–H and O–H groups in total. The number of rotatable bonds is 4. The summed E-state index contributed by atoms with van der Waals surface area (Å²) in [6, 6.07) is 7.03. The van der Waals surface area contributed by atoms with Crippen molar-refractivity contribution in [1.82, 2.24) is 20.0 Å². The fourth-order valence-electron chi connectivity index (χ4n) is 2.64. The van der Waals surface area contributed by atoms with Crippen LogP contribution in [-0.4, -0.2) is 46.8 Å². The highest BCUT2D eigenvalue weighted by Crippen LogP contribution is 2.19. The van der Waals surface area contributed by atoms with Crippen LogP contribution in [0.1, 0.15) is 15.9 Å². The van der Waals surface area contributed by atoms with Gasteiger partial charge in [0.25, 0.3) is 5.91 Å². The molecule has 1 aromatic carbocycles. The average molecular weight is 313 g/mol. The van der Waals surface area contributed by atoms with E-state index in [1.165, 1.54) is 0 Å². The molecule has 120 valence electrons. The molecule has 0 radical (unpaired) electrons. The molecule has 0 bridgehead atoms. The van der Waals surface area contributed by atoms with E-state index in [0.717, 1.165) is 11.3 Å². The number of hydrogen-bond acceptors (Lipinski definition) is 3. The average Bonchev–Trinajstić information content (AvgIpc) is 3.15. The zero-order chi connectivity index (χ0) is 16.4. The summed E-state index contributed by atoms with van der Waals surface area (Å²) in [6.45, 7) is 1.72. The van der Waals surface area contributed by atoms with E-state index >= 15 is 0 Å². The van der Waals surface area contributed by atoms with Crippen LogP contribution >= 0.6 is 0 Å². The largest absolute Gasteiger partial charge is 0.337 e. The molecule has 7 heteroatoms. The first-order valence-corrected chi connectivity index (χ1v) is 7.43. The zero-order valence-corrected chi connectivity index (χ0v) is 13.2. The molecule has 0 unspecified atom stereocenters. The Morgan fingerprint density at radius 1 is 1.43 bits per heavy atom. The van der Waals surface area contributed by atoms with Crippen LogP contribution in [0.5, 0.6) is 0 Å². The van der Waals surface area contributed by atoms with E-state index in [4.69, 9.17) is 0 Å². The standard InChI is InChI=1S/C16H19N5O2/c1-19(10-12-9-18-20(2)11-12)15(22)13-4-3-5-14(8-13)21-7-6-17-16(21)23/h3-5,8-9,11H,6-7,10H2,1-2H3,(H,17,23). The van der Waals surface area contributed by atoms with Crippen molar-refractivity contribution in [3.8, 4) is 0 Å². The van der Waals surface area contributed by atoms with Crippen LogP contribution in [0.3, 0.4) is 0 Å². The van der Waals surface area contributed by atoms with Gasteiger partial charge < -0.3 is 10.2 Å². The Morgan fingerprint density at radius 3 is 2.91 bits per heavy atom. The summed E-state index contributed by atoms with van der Waals surface area (Å²) in [5.41, 5.74) is 2.27. The van der Waals surface area contributed by atoms with Crippen LogP contribution < -0.4 is 10.2 Å². The van der Waals surface area contributed by atoms with E-state index < -0.39 is 0 Å². The molecule has 1 aliphatic rings. The molecular formula is C16H19N5O2. The highest BCUT2D eigenvalue weighted by atomic mass is 16.2. The molecule has 0 aliphatic carbocycles. The number of benzene rings is 1. The van der Waals surface area contributed by atoms with Gasteiger partial charge in [0.1, 0.15) is 0 Å². The molecule has 0 saturated carbocycles.